The molecule has 0 radical (unpaired) electrons. The molecule has 0 spiro atoms. The first-order valence-corrected chi connectivity index (χ1v) is 17.1. The van der Waals surface area contributed by atoms with Crippen LogP contribution in [-0.4, -0.2) is 89.0 Å². The fourth-order valence-electron chi connectivity index (χ4n) is 4.90. The Labute approximate surface area is 276 Å². The van der Waals surface area contributed by atoms with Crippen molar-refractivity contribution in [1.29, 1.82) is 0 Å². The third-order valence-electron chi connectivity index (χ3n) is 7.67. The summed E-state index contributed by atoms with van der Waals surface area (Å²) >= 11 is 0. The number of hydrogen-bond acceptors (Lipinski definition) is 10. The van der Waals surface area contributed by atoms with Gasteiger partial charge in [-0.05, 0) is 58.3 Å². The van der Waals surface area contributed by atoms with E-state index in [0.717, 1.165) is 77.0 Å². The molecule has 0 saturated carbocycles. The van der Waals surface area contributed by atoms with Crippen LogP contribution in [0.2, 0.25) is 0 Å². The highest BCUT2D eigenvalue weighted by molar-refractivity contribution is 5.70. The largest absolute Gasteiger partial charge is 0.462 e. The molecule has 0 aromatic carbocycles. The Kier molecular flexibility index (Phi) is 25.1. The molecule has 1 aliphatic heterocycles. The molecule has 0 bridgehead atoms. The van der Waals surface area contributed by atoms with E-state index in [-0.39, 0.29) is 26.1 Å². The van der Waals surface area contributed by atoms with Crippen molar-refractivity contribution in [2.45, 2.75) is 146 Å². The quantitative estimate of drug-likeness (QED) is 0.0518. The third kappa shape index (κ3) is 20.0. The maximum absolute atomic E-state index is 12.6. The molecule has 6 atom stereocenters. The summed E-state index contributed by atoms with van der Waals surface area (Å²) in [5, 5.41) is 39.7. The topological polar surface area (TPSA) is 152 Å². The molecule has 4 N–H and O–H groups in total. The normalized spacial score (nSPS) is 22.5. The van der Waals surface area contributed by atoms with Gasteiger partial charge in [-0.25, -0.2) is 0 Å². The van der Waals surface area contributed by atoms with Crippen LogP contribution in [0.15, 0.2) is 49.1 Å². The molecule has 0 amide bonds. The minimum Gasteiger partial charge on any atom is -0.462 e. The van der Waals surface area contributed by atoms with E-state index >= 15 is 0 Å². The Balaban J connectivity index is 2.45. The molecular formula is C36H60O10. The minimum absolute atomic E-state index is 0.204. The van der Waals surface area contributed by atoms with Gasteiger partial charge in [-0.3, -0.25) is 9.59 Å². The Morgan fingerprint density at radius 3 is 1.98 bits per heavy atom. The zero-order valence-corrected chi connectivity index (χ0v) is 27.9. The Morgan fingerprint density at radius 2 is 1.33 bits per heavy atom. The lowest BCUT2D eigenvalue weighted by atomic mass is 9.99. The first kappa shape index (κ1) is 41.7. The van der Waals surface area contributed by atoms with Gasteiger partial charge in [0.25, 0.3) is 0 Å². The van der Waals surface area contributed by atoms with Crippen LogP contribution < -0.4 is 0 Å². The molecule has 1 fully saturated rings. The number of rotatable bonds is 27. The van der Waals surface area contributed by atoms with Crippen molar-refractivity contribution in [1.82, 2.24) is 0 Å². The van der Waals surface area contributed by atoms with Gasteiger partial charge in [0.1, 0.15) is 31.0 Å². The van der Waals surface area contributed by atoms with Crippen molar-refractivity contribution >= 4 is 11.9 Å². The Bertz CT molecular complexity index is 884. The zero-order valence-electron chi connectivity index (χ0n) is 27.9. The van der Waals surface area contributed by atoms with E-state index in [2.05, 4.69) is 37.0 Å². The lowest BCUT2D eigenvalue weighted by Crippen LogP contribution is -2.59. The van der Waals surface area contributed by atoms with Crippen LogP contribution in [0, 0.1) is 0 Å². The van der Waals surface area contributed by atoms with Gasteiger partial charge < -0.3 is 39.4 Å². The van der Waals surface area contributed by atoms with Crippen molar-refractivity contribution in [2.75, 3.05) is 19.8 Å². The van der Waals surface area contributed by atoms with Gasteiger partial charge in [0, 0.05) is 12.8 Å². The van der Waals surface area contributed by atoms with Gasteiger partial charge in [-0.15, -0.1) is 6.58 Å². The molecule has 0 aromatic heterocycles. The Hall–Kier alpha value is -2.34. The highest BCUT2D eigenvalue weighted by Gasteiger charge is 2.44. The van der Waals surface area contributed by atoms with Crippen LogP contribution in [0.1, 0.15) is 110 Å². The number of esters is 2. The number of aliphatic hydroxyl groups excluding tert-OH is 4. The second kappa shape index (κ2) is 27.7. The van der Waals surface area contributed by atoms with Crippen molar-refractivity contribution < 1.29 is 49.0 Å². The molecule has 10 heteroatoms. The fourth-order valence-corrected chi connectivity index (χ4v) is 4.90. The summed E-state index contributed by atoms with van der Waals surface area (Å²) in [5.74, 6) is -0.856. The summed E-state index contributed by atoms with van der Waals surface area (Å²) in [6.45, 7) is 4.58. The van der Waals surface area contributed by atoms with Gasteiger partial charge in [0.2, 0.25) is 0 Å². The molecule has 1 saturated heterocycles. The SMILES string of the molecule is C=CC/C=C/C/C=C/CCCCCCCC(=O)O[C@H](COC(=O)CCCCCCC/C=C/C)CO[C@@H]1O[C@H](CO)[C@H](O)[C@H](O)[C@H]1O. The number of ether oxygens (including phenoxy) is 4. The summed E-state index contributed by atoms with van der Waals surface area (Å²) in [4.78, 5) is 25.0. The van der Waals surface area contributed by atoms with Gasteiger partial charge in [-0.1, -0.05) is 81.1 Å². The summed E-state index contributed by atoms with van der Waals surface area (Å²) < 4.78 is 21.9. The van der Waals surface area contributed by atoms with Gasteiger partial charge >= 0.3 is 11.9 Å². The van der Waals surface area contributed by atoms with Crippen LogP contribution in [-0.2, 0) is 28.5 Å². The number of hydrogen-bond donors (Lipinski definition) is 4. The van der Waals surface area contributed by atoms with Crippen LogP contribution in [0.3, 0.4) is 0 Å². The number of aliphatic hydroxyl groups is 4. The van der Waals surface area contributed by atoms with Gasteiger partial charge in [-0.2, -0.15) is 0 Å². The highest BCUT2D eigenvalue weighted by atomic mass is 16.7. The molecule has 1 heterocycles. The molecule has 264 valence electrons. The minimum atomic E-state index is -1.60. The predicted octanol–water partition coefficient (Wildman–Crippen LogP) is 5.37. The summed E-state index contributed by atoms with van der Waals surface area (Å²) in [7, 11) is 0. The molecule has 1 rings (SSSR count). The number of carbonyl (C=O) groups excluding carboxylic acids is 2. The zero-order chi connectivity index (χ0) is 33.8. The third-order valence-corrected chi connectivity index (χ3v) is 7.67. The van der Waals surface area contributed by atoms with E-state index in [1.165, 1.54) is 0 Å². The van der Waals surface area contributed by atoms with Crippen LogP contribution in [0.5, 0.6) is 0 Å². The van der Waals surface area contributed by atoms with Gasteiger partial charge in [0.05, 0.1) is 13.2 Å². The average Bonchev–Trinajstić information content (AvgIpc) is 3.05. The lowest BCUT2D eigenvalue weighted by molar-refractivity contribution is -0.305. The highest BCUT2D eigenvalue weighted by Crippen LogP contribution is 2.22. The number of carbonyl (C=O) groups is 2. The second-order valence-electron chi connectivity index (χ2n) is 11.7. The number of unbranched alkanes of at least 4 members (excludes halogenated alkanes) is 10. The molecule has 10 nitrogen and oxygen atoms in total. The molecule has 0 aliphatic carbocycles. The Morgan fingerprint density at radius 1 is 0.739 bits per heavy atom. The van der Waals surface area contributed by atoms with Crippen LogP contribution in [0.25, 0.3) is 0 Å². The maximum Gasteiger partial charge on any atom is 0.306 e. The average molecular weight is 653 g/mol. The lowest BCUT2D eigenvalue weighted by Gasteiger charge is -2.39. The maximum atomic E-state index is 12.6. The van der Waals surface area contributed by atoms with Crippen molar-refractivity contribution in [2.24, 2.45) is 0 Å². The van der Waals surface area contributed by atoms with E-state index in [0.29, 0.717) is 12.8 Å². The first-order valence-electron chi connectivity index (χ1n) is 17.1. The summed E-state index contributed by atoms with van der Waals surface area (Å²) in [6, 6.07) is 0. The molecule has 46 heavy (non-hydrogen) atoms. The second-order valence-corrected chi connectivity index (χ2v) is 11.7. The van der Waals surface area contributed by atoms with E-state index in [4.69, 9.17) is 18.9 Å². The van der Waals surface area contributed by atoms with Crippen molar-refractivity contribution in [3.8, 4) is 0 Å². The van der Waals surface area contributed by atoms with Crippen LogP contribution >= 0.6 is 0 Å². The van der Waals surface area contributed by atoms with E-state index < -0.39 is 55.4 Å². The summed E-state index contributed by atoms with van der Waals surface area (Å²) in [6.07, 6.45) is 20.5. The predicted molar refractivity (Wildman–Crippen MR) is 178 cm³/mol. The first-order chi connectivity index (χ1) is 22.3. The van der Waals surface area contributed by atoms with Crippen LogP contribution in [0.4, 0.5) is 0 Å². The number of allylic oxidation sites excluding steroid dienone is 7. The van der Waals surface area contributed by atoms with Crippen molar-refractivity contribution in [3.05, 3.63) is 49.1 Å². The fraction of sp³-hybridized carbons (Fsp3) is 0.722. The molecule has 0 aromatic rings. The molecular weight excluding hydrogens is 592 g/mol. The van der Waals surface area contributed by atoms with Crippen molar-refractivity contribution in [3.63, 3.8) is 0 Å². The standard InChI is InChI=1S/C36H60O10/c1-3-5-7-9-11-13-14-15-16-17-19-21-23-25-32(39)45-29(27-43-31(38)24-22-20-18-12-10-8-6-4-2)28-44-36-35(42)34(41)33(40)30(26-37)46-36/h3-4,6-7,9,13-14,29-30,33-37,40-42H,1,5,8,10-12,15-28H2,2H3/b6-4+,9-7+,14-13+/t29-,30-,33+,34+,35-,36-/m1/s1. The monoisotopic (exact) mass is 652 g/mol. The van der Waals surface area contributed by atoms with Gasteiger partial charge in [0.15, 0.2) is 12.4 Å². The van der Waals surface area contributed by atoms with E-state index in [9.17, 15) is 30.0 Å². The smallest absolute Gasteiger partial charge is 0.306 e. The summed E-state index contributed by atoms with van der Waals surface area (Å²) in [5.41, 5.74) is 0. The molecule has 1 aliphatic rings. The van der Waals surface area contributed by atoms with E-state index in [1.54, 1.807) is 0 Å². The molecule has 0 unspecified atom stereocenters. The van der Waals surface area contributed by atoms with E-state index in [1.807, 2.05) is 19.1 Å².